The molecule has 3 nitrogen and oxygen atoms in total. The fourth-order valence-electron chi connectivity index (χ4n) is 1.63. The number of hydrogen-bond donors (Lipinski definition) is 0. The molecule has 1 aromatic heterocycles. The van der Waals surface area contributed by atoms with E-state index in [9.17, 15) is 0 Å². The summed E-state index contributed by atoms with van der Waals surface area (Å²) in [6, 6.07) is 8.26. The van der Waals surface area contributed by atoms with E-state index in [1.54, 1.807) is 25.6 Å². The zero-order chi connectivity index (χ0) is 13.0. The van der Waals surface area contributed by atoms with Crippen molar-refractivity contribution in [2.24, 2.45) is 0 Å². The van der Waals surface area contributed by atoms with E-state index in [-0.39, 0.29) is 6.29 Å². The molecule has 18 heavy (non-hydrogen) atoms. The summed E-state index contributed by atoms with van der Waals surface area (Å²) in [5.74, 6) is 0. The summed E-state index contributed by atoms with van der Waals surface area (Å²) in [5.41, 5.74) is 2.07. The highest BCUT2D eigenvalue weighted by atomic mass is 79.9. The molecule has 0 aliphatic rings. The Bertz CT molecular complexity index is 494. The molecular weight excluding hydrogens is 314 g/mol. The van der Waals surface area contributed by atoms with Gasteiger partial charge in [-0.05, 0) is 17.7 Å². The fourth-order valence-corrected chi connectivity index (χ4v) is 2.72. The number of benzene rings is 1. The molecule has 0 amide bonds. The summed E-state index contributed by atoms with van der Waals surface area (Å²) in [4.78, 5) is 4.53. The molecule has 2 rings (SSSR count). The van der Waals surface area contributed by atoms with E-state index >= 15 is 0 Å². The lowest BCUT2D eigenvalue weighted by atomic mass is 10.2. The van der Waals surface area contributed by atoms with E-state index in [0.717, 1.165) is 21.6 Å². The van der Waals surface area contributed by atoms with Gasteiger partial charge < -0.3 is 9.47 Å². The molecule has 0 unspecified atom stereocenters. The number of rotatable bonds is 5. The van der Waals surface area contributed by atoms with Gasteiger partial charge in [0.15, 0.2) is 0 Å². The van der Waals surface area contributed by atoms with Crippen molar-refractivity contribution in [3.8, 4) is 0 Å². The summed E-state index contributed by atoms with van der Waals surface area (Å²) in [7, 11) is 3.23. The second kappa shape index (κ2) is 6.43. The summed E-state index contributed by atoms with van der Waals surface area (Å²) in [6.07, 6.45) is 0.456. The first-order valence-electron chi connectivity index (χ1n) is 5.47. The minimum absolute atomic E-state index is 0.375. The smallest absolute Gasteiger partial charge is 0.201 e. The maximum Gasteiger partial charge on any atom is 0.201 e. The molecule has 1 heterocycles. The lowest BCUT2D eigenvalue weighted by Gasteiger charge is -2.09. The number of aromatic nitrogens is 1. The van der Waals surface area contributed by atoms with Crippen LogP contribution < -0.4 is 0 Å². The monoisotopic (exact) mass is 327 g/mol. The van der Waals surface area contributed by atoms with Crippen molar-refractivity contribution in [2.75, 3.05) is 14.2 Å². The molecule has 0 bridgehead atoms. The molecule has 5 heteroatoms. The van der Waals surface area contributed by atoms with E-state index in [1.807, 2.05) is 17.5 Å². The van der Waals surface area contributed by atoms with Crippen LogP contribution in [-0.4, -0.2) is 19.2 Å². The van der Waals surface area contributed by atoms with Crippen LogP contribution in [0.1, 0.15) is 22.6 Å². The van der Waals surface area contributed by atoms with Crippen molar-refractivity contribution in [1.82, 2.24) is 4.98 Å². The Labute approximate surface area is 119 Å². The molecule has 0 saturated heterocycles. The van der Waals surface area contributed by atoms with E-state index in [2.05, 4.69) is 33.0 Å². The molecule has 0 saturated carbocycles. The Morgan fingerprint density at radius 2 is 1.89 bits per heavy atom. The fraction of sp³-hybridized carbons (Fsp3) is 0.308. The number of ether oxygens (including phenoxy) is 2. The number of hydrogen-bond acceptors (Lipinski definition) is 4. The van der Waals surface area contributed by atoms with Gasteiger partial charge in [-0.1, -0.05) is 28.1 Å². The molecule has 0 atom stereocenters. The Kier molecular flexibility index (Phi) is 4.88. The van der Waals surface area contributed by atoms with Crippen LogP contribution in [0.3, 0.4) is 0 Å². The number of nitrogens with zero attached hydrogens (tertiary/aromatic N) is 1. The summed E-state index contributed by atoms with van der Waals surface area (Å²) >= 11 is 5.05. The van der Waals surface area contributed by atoms with Gasteiger partial charge in [-0.25, -0.2) is 4.98 Å². The Hall–Kier alpha value is -0.750. The first-order valence-corrected chi connectivity index (χ1v) is 7.14. The molecule has 0 radical (unpaired) electrons. The van der Waals surface area contributed by atoms with Crippen LogP contribution >= 0.6 is 27.3 Å². The number of thiazole rings is 1. The SMILES string of the molecule is COC(OC)c1csc(Cc2ccc(Br)cc2)n1. The van der Waals surface area contributed by atoms with Gasteiger partial charge in [-0.15, -0.1) is 11.3 Å². The molecule has 0 N–H and O–H groups in total. The van der Waals surface area contributed by atoms with Crippen molar-refractivity contribution < 1.29 is 9.47 Å². The average Bonchev–Trinajstić information content (AvgIpc) is 2.82. The molecule has 0 aliphatic heterocycles. The van der Waals surface area contributed by atoms with Crippen LogP contribution in [0.25, 0.3) is 0 Å². The molecule has 0 aliphatic carbocycles. The van der Waals surface area contributed by atoms with E-state index < -0.39 is 0 Å². The topological polar surface area (TPSA) is 31.4 Å². The van der Waals surface area contributed by atoms with Crippen LogP contribution in [0.2, 0.25) is 0 Å². The zero-order valence-corrected chi connectivity index (χ0v) is 12.6. The molecule has 2 aromatic rings. The zero-order valence-electron chi connectivity index (χ0n) is 10.2. The summed E-state index contributed by atoms with van der Waals surface area (Å²) < 4.78 is 11.4. The Morgan fingerprint density at radius 1 is 1.22 bits per heavy atom. The maximum absolute atomic E-state index is 5.18. The highest BCUT2D eigenvalue weighted by Gasteiger charge is 2.13. The minimum atomic E-state index is -0.375. The maximum atomic E-state index is 5.18. The predicted octanol–water partition coefficient (Wildman–Crippen LogP) is 3.79. The lowest BCUT2D eigenvalue weighted by Crippen LogP contribution is -2.04. The van der Waals surface area contributed by atoms with Gasteiger partial charge in [-0.2, -0.15) is 0 Å². The standard InChI is InChI=1S/C13H14BrNO2S/c1-16-13(17-2)11-8-18-12(15-11)7-9-3-5-10(14)6-4-9/h3-6,8,13H,7H2,1-2H3. The normalized spacial score (nSPS) is 11.1. The van der Waals surface area contributed by atoms with Crippen molar-refractivity contribution in [1.29, 1.82) is 0 Å². The third kappa shape index (κ3) is 3.38. The van der Waals surface area contributed by atoms with Crippen LogP contribution in [0.5, 0.6) is 0 Å². The van der Waals surface area contributed by atoms with Crippen molar-refractivity contribution >= 4 is 27.3 Å². The minimum Gasteiger partial charge on any atom is -0.350 e. The molecule has 96 valence electrons. The second-order valence-electron chi connectivity index (χ2n) is 3.77. The molecule has 0 spiro atoms. The van der Waals surface area contributed by atoms with Gasteiger partial charge >= 0.3 is 0 Å². The van der Waals surface area contributed by atoms with Gasteiger partial charge in [0.2, 0.25) is 6.29 Å². The van der Waals surface area contributed by atoms with Gasteiger partial charge in [0.1, 0.15) is 5.69 Å². The average molecular weight is 328 g/mol. The van der Waals surface area contributed by atoms with E-state index in [4.69, 9.17) is 9.47 Å². The van der Waals surface area contributed by atoms with Gasteiger partial charge in [-0.3, -0.25) is 0 Å². The highest BCUT2D eigenvalue weighted by Crippen LogP contribution is 2.22. The second-order valence-corrected chi connectivity index (χ2v) is 5.63. The number of halogens is 1. The third-order valence-corrected chi connectivity index (χ3v) is 3.90. The van der Waals surface area contributed by atoms with Gasteiger partial charge in [0.05, 0.1) is 5.01 Å². The third-order valence-electron chi connectivity index (χ3n) is 2.51. The van der Waals surface area contributed by atoms with Crippen LogP contribution in [0, 0.1) is 0 Å². The Morgan fingerprint density at radius 3 is 2.50 bits per heavy atom. The van der Waals surface area contributed by atoms with Gasteiger partial charge in [0, 0.05) is 30.5 Å². The molecular formula is C13H14BrNO2S. The first-order chi connectivity index (χ1) is 8.72. The quantitative estimate of drug-likeness (QED) is 0.783. The highest BCUT2D eigenvalue weighted by molar-refractivity contribution is 9.10. The molecule has 0 fully saturated rings. The van der Waals surface area contributed by atoms with E-state index in [0.29, 0.717) is 0 Å². The largest absolute Gasteiger partial charge is 0.350 e. The van der Waals surface area contributed by atoms with Crippen LogP contribution in [0.15, 0.2) is 34.1 Å². The lowest BCUT2D eigenvalue weighted by molar-refractivity contribution is -0.108. The predicted molar refractivity (Wildman–Crippen MR) is 75.8 cm³/mol. The first kappa shape index (κ1) is 13.7. The van der Waals surface area contributed by atoms with Gasteiger partial charge in [0.25, 0.3) is 0 Å². The van der Waals surface area contributed by atoms with Crippen molar-refractivity contribution in [3.05, 3.63) is 50.4 Å². The summed E-state index contributed by atoms with van der Waals surface area (Å²) in [5, 5.41) is 3.04. The van der Waals surface area contributed by atoms with Crippen LogP contribution in [0.4, 0.5) is 0 Å². The van der Waals surface area contributed by atoms with Crippen molar-refractivity contribution in [3.63, 3.8) is 0 Å². The molecule has 1 aromatic carbocycles. The van der Waals surface area contributed by atoms with Crippen molar-refractivity contribution in [2.45, 2.75) is 12.7 Å². The number of methoxy groups -OCH3 is 2. The summed E-state index contributed by atoms with van der Waals surface area (Å²) in [6.45, 7) is 0. The van der Waals surface area contributed by atoms with E-state index in [1.165, 1.54) is 5.56 Å². The van der Waals surface area contributed by atoms with Crippen LogP contribution in [-0.2, 0) is 15.9 Å². The Balaban J connectivity index is 2.08.